The lowest BCUT2D eigenvalue weighted by molar-refractivity contribution is 0.104. The molecule has 1 heterocycles. The predicted molar refractivity (Wildman–Crippen MR) is 91.2 cm³/mol. The lowest BCUT2D eigenvalue weighted by Gasteiger charge is -2.04. The molecule has 0 amide bonds. The molecule has 0 N–H and O–H groups in total. The van der Waals surface area contributed by atoms with Crippen molar-refractivity contribution in [1.29, 1.82) is 5.26 Å². The number of nitrogens with zero attached hydrogens (tertiary/aromatic N) is 1. The minimum atomic E-state index is -0.357. The second-order valence-corrected chi connectivity index (χ2v) is 5.81. The fourth-order valence-corrected chi connectivity index (χ4v) is 2.68. The van der Waals surface area contributed by atoms with Crippen LogP contribution in [0.2, 0.25) is 0 Å². The van der Waals surface area contributed by atoms with Crippen LogP contribution < -0.4 is 14.2 Å². The molecular weight excluding hydrogens is 374 g/mol. The van der Waals surface area contributed by atoms with Gasteiger partial charge in [-0.1, -0.05) is 15.9 Å². The molecule has 1 aliphatic heterocycles. The van der Waals surface area contributed by atoms with Crippen LogP contribution in [0.3, 0.4) is 0 Å². The van der Waals surface area contributed by atoms with Gasteiger partial charge in [0.2, 0.25) is 12.6 Å². The summed E-state index contributed by atoms with van der Waals surface area (Å²) in [5, 5.41) is 9.37. The Hall–Kier alpha value is -2.78. The maximum absolute atomic E-state index is 12.5. The molecule has 0 aromatic heterocycles. The largest absolute Gasteiger partial charge is 0.497 e. The Morgan fingerprint density at radius 3 is 2.54 bits per heavy atom. The first-order valence-corrected chi connectivity index (χ1v) is 7.81. The van der Waals surface area contributed by atoms with Crippen molar-refractivity contribution in [3.8, 4) is 23.3 Å². The Kier molecular flexibility index (Phi) is 4.54. The van der Waals surface area contributed by atoms with E-state index in [-0.39, 0.29) is 18.1 Å². The molecule has 0 spiro atoms. The molecule has 0 fully saturated rings. The molecule has 0 radical (unpaired) electrons. The number of rotatable bonds is 4. The third-order valence-electron chi connectivity index (χ3n) is 3.51. The number of methoxy groups -OCH3 is 1. The van der Waals surface area contributed by atoms with Gasteiger partial charge in [-0.15, -0.1) is 0 Å². The Labute approximate surface area is 147 Å². The number of ether oxygens (including phenoxy) is 3. The van der Waals surface area contributed by atoms with E-state index in [9.17, 15) is 10.1 Å². The van der Waals surface area contributed by atoms with E-state index >= 15 is 0 Å². The van der Waals surface area contributed by atoms with E-state index in [1.165, 1.54) is 6.08 Å². The second-order valence-electron chi connectivity index (χ2n) is 4.95. The smallest absolute Gasteiger partial charge is 0.231 e. The van der Waals surface area contributed by atoms with Gasteiger partial charge in [-0.2, -0.15) is 5.26 Å². The molecule has 3 rings (SSSR count). The molecule has 0 aliphatic carbocycles. The monoisotopic (exact) mass is 385 g/mol. The van der Waals surface area contributed by atoms with Crippen molar-refractivity contribution in [2.75, 3.05) is 13.9 Å². The first-order valence-electron chi connectivity index (χ1n) is 7.02. The normalized spacial score (nSPS) is 12.6. The van der Waals surface area contributed by atoms with Crippen LogP contribution in [0.15, 0.2) is 46.4 Å². The summed E-state index contributed by atoms with van der Waals surface area (Å²) in [4.78, 5) is 12.5. The van der Waals surface area contributed by atoms with E-state index in [0.29, 0.717) is 32.8 Å². The average molecular weight is 386 g/mol. The van der Waals surface area contributed by atoms with Crippen molar-refractivity contribution < 1.29 is 19.0 Å². The number of carbonyl (C=O) groups excluding carboxylic acids is 1. The molecule has 2 aromatic rings. The SMILES string of the molecule is COc1ccc(C(=O)/C(C#N)=C/c2cc3c(cc2Br)OCO3)cc1. The molecule has 0 unspecified atom stereocenters. The molecule has 6 heteroatoms. The molecule has 0 saturated heterocycles. The van der Waals surface area contributed by atoms with E-state index in [4.69, 9.17) is 14.2 Å². The van der Waals surface area contributed by atoms with E-state index in [1.54, 1.807) is 43.5 Å². The van der Waals surface area contributed by atoms with Crippen LogP contribution in [0.1, 0.15) is 15.9 Å². The van der Waals surface area contributed by atoms with Crippen LogP contribution in [-0.4, -0.2) is 19.7 Å². The summed E-state index contributed by atoms with van der Waals surface area (Å²) in [5.41, 5.74) is 1.11. The molecule has 1 aliphatic rings. The van der Waals surface area contributed by atoms with Crippen molar-refractivity contribution >= 4 is 27.8 Å². The van der Waals surface area contributed by atoms with E-state index in [1.807, 2.05) is 6.07 Å². The summed E-state index contributed by atoms with van der Waals surface area (Å²) in [6.07, 6.45) is 1.53. The maximum atomic E-state index is 12.5. The summed E-state index contributed by atoms with van der Waals surface area (Å²) in [6.45, 7) is 0.158. The minimum Gasteiger partial charge on any atom is -0.497 e. The van der Waals surface area contributed by atoms with Crippen LogP contribution in [0.5, 0.6) is 17.2 Å². The minimum absolute atomic E-state index is 0.0275. The van der Waals surface area contributed by atoms with Crippen LogP contribution in [0.4, 0.5) is 0 Å². The van der Waals surface area contributed by atoms with Gasteiger partial charge in [-0.05, 0) is 48.0 Å². The van der Waals surface area contributed by atoms with Gasteiger partial charge in [0, 0.05) is 10.0 Å². The van der Waals surface area contributed by atoms with Gasteiger partial charge in [0.1, 0.15) is 17.4 Å². The number of halogens is 1. The quantitative estimate of drug-likeness (QED) is 0.452. The molecule has 24 heavy (non-hydrogen) atoms. The number of ketones is 1. The fourth-order valence-electron chi connectivity index (χ4n) is 2.25. The highest BCUT2D eigenvalue weighted by Crippen LogP contribution is 2.37. The molecule has 120 valence electrons. The highest BCUT2D eigenvalue weighted by atomic mass is 79.9. The lowest BCUT2D eigenvalue weighted by Crippen LogP contribution is -2.02. The third-order valence-corrected chi connectivity index (χ3v) is 4.20. The summed E-state index contributed by atoms with van der Waals surface area (Å²) in [7, 11) is 1.55. The van der Waals surface area contributed by atoms with Gasteiger partial charge in [0.25, 0.3) is 0 Å². The zero-order valence-corrected chi connectivity index (χ0v) is 14.3. The number of benzene rings is 2. The van der Waals surface area contributed by atoms with E-state index < -0.39 is 0 Å². The van der Waals surface area contributed by atoms with Crippen molar-refractivity contribution in [2.45, 2.75) is 0 Å². The number of nitriles is 1. The van der Waals surface area contributed by atoms with Crippen molar-refractivity contribution in [3.05, 3.63) is 57.6 Å². The topological polar surface area (TPSA) is 68.6 Å². The summed E-state index contributed by atoms with van der Waals surface area (Å²) in [6, 6.07) is 12.0. The Morgan fingerprint density at radius 1 is 1.25 bits per heavy atom. The first-order chi connectivity index (χ1) is 11.6. The van der Waals surface area contributed by atoms with Crippen LogP contribution >= 0.6 is 15.9 Å². The maximum Gasteiger partial charge on any atom is 0.231 e. The Bertz CT molecular complexity index is 866. The number of fused-ring (bicyclic) bond motifs is 1. The van der Waals surface area contributed by atoms with Crippen molar-refractivity contribution in [2.24, 2.45) is 0 Å². The van der Waals surface area contributed by atoms with Gasteiger partial charge in [0.05, 0.1) is 7.11 Å². The van der Waals surface area contributed by atoms with Crippen molar-refractivity contribution in [1.82, 2.24) is 0 Å². The molecule has 0 bridgehead atoms. The van der Waals surface area contributed by atoms with Crippen LogP contribution in [0, 0.1) is 11.3 Å². The molecule has 2 aromatic carbocycles. The average Bonchev–Trinajstić information content (AvgIpc) is 3.06. The number of carbonyl (C=O) groups is 1. The van der Waals surface area contributed by atoms with E-state index in [0.717, 1.165) is 0 Å². The van der Waals surface area contributed by atoms with Gasteiger partial charge >= 0.3 is 0 Å². The molecular formula is C18H12BrNO4. The number of Topliss-reactive ketones (excluding diaryl/α,β-unsaturated/α-hetero) is 1. The lowest BCUT2D eigenvalue weighted by atomic mass is 10.0. The zero-order valence-electron chi connectivity index (χ0n) is 12.7. The highest BCUT2D eigenvalue weighted by Gasteiger charge is 2.18. The molecule has 0 atom stereocenters. The predicted octanol–water partition coefficient (Wildman–Crippen LogP) is 3.98. The fraction of sp³-hybridized carbons (Fsp3) is 0.111. The Balaban J connectivity index is 1.94. The molecule has 5 nitrogen and oxygen atoms in total. The zero-order chi connectivity index (χ0) is 17.1. The molecule has 0 saturated carbocycles. The number of hydrogen-bond donors (Lipinski definition) is 0. The van der Waals surface area contributed by atoms with Crippen LogP contribution in [-0.2, 0) is 0 Å². The first kappa shape index (κ1) is 16.1. The number of allylic oxidation sites excluding steroid dienone is 1. The third kappa shape index (κ3) is 3.12. The van der Waals surface area contributed by atoms with Gasteiger partial charge in [-0.25, -0.2) is 0 Å². The van der Waals surface area contributed by atoms with Gasteiger partial charge in [-0.3, -0.25) is 4.79 Å². The van der Waals surface area contributed by atoms with Crippen molar-refractivity contribution in [3.63, 3.8) is 0 Å². The Morgan fingerprint density at radius 2 is 1.92 bits per heavy atom. The summed E-state index contributed by atoms with van der Waals surface area (Å²) in [5.74, 6) is 1.50. The highest BCUT2D eigenvalue weighted by molar-refractivity contribution is 9.10. The van der Waals surface area contributed by atoms with Gasteiger partial charge < -0.3 is 14.2 Å². The summed E-state index contributed by atoms with van der Waals surface area (Å²) < 4.78 is 16.4. The summed E-state index contributed by atoms with van der Waals surface area (Å²) >= 11 is 3.41. The number of hydrogen-bond acceptors (Lipinski definition) is 5. The van der Waals surface area contributed by atoms with Crippen LogP contribution in [0.25, 0.3) is 6.08 Å². The van der Waals surface area contributed by atoms with Gasteiger partial charge in [0.15, 0.2) is 11.5 Å². The standard InChI is InChI=1S/C18H12BrNO4/c1-22-14-4-2-11(3-5-14)18(21)13(9-20)6-12-7-16-17(8-15(12)19)24-10-23-16/h2-8H,10H2,1H3/b13-6+. The van der Waals surface area contributed by atoms with E-state index in [2.05, 4.69) is 15.9 Å². The second kappa shape index (κ2) is 6.77.